The molecule has 0 radical (unpaired) electrons. The van der Waals surface area contributed by atoms with Crippen molar-refractivity contribution in [2.24, 2.45) is 11.7 Å². The Bertz CT molecular complexity index is 1040. The molecule has 160 valence electrons. The standard InChI is InChI=1S/C20H21Cl2N3O4S/c21-17-4-1-5-18(22)16(17)12-30(28,29)25-10-2-3-14(11-25)20(27)24-15-8-6-13(7-9-15)19(23)26/h1,4-9,14H,2-3,10-12H2,(H2,23,26)(H,24,27). The molecule has 1 heterocycles. The van der Waals surface area contributed by atoms with Crippen LogP contribution in [0, 0.1) is 5.92 Å². The van der Waals surface area contributed by atoms with Crippen molar-refractivity contribution in [2.45, 2.75) is 18.6 Å². The fourth-order valence-electron chi connectivity index (χ4n) is 3.32. The number of halogens is 2. The second-order valence-corrected chi connectivity index (χ2v) is 9.87. The summed E-state index contributed by atoms with van der Waals surface area (Å²) in [5, 5.41) is 3.34. The van der Waals surface area contributed by atoms with Crippen LogP contribution >= 0.6 is 23.2 Å². The molecule has 0 spiro atoms. The summed E-state index contributed by atoms with van der Waals surface area (Å²) in [5.74, 6) is -1.66. The van der Waals surface area contributed by atoms with Crippen LogP contribution in [0.1, 0.15) is 28.8 Å². The zero-order valence-corrected chi connectivity index (χ0v) is 18.3. The van der Waals surface area contributed by atoms with Crippen molar-refractivity contribution in [1.82, 2.24) is 4.31 Å². The van der Waals surface area contributed by atoms with E-state index in [4.69, 9.17) is 28.9 Å². The minimum absolute atomic E-state index is 0.0790. The monoisotopic (exact) mass is 469 g/mol. The number of primary amides is 1. The molecule has 1 fully saturated rings. The Morgan fingerprint density at radius 2 is 1.73 bits per heavy atom. The number of hydrogen-bond acceptors (Lipinski definition) is 4. The number of rotatable bonds is 6. The average molecular weight is 470 g/mol. The minimum atomic E-state index is -3.70. The Hall–Kier alpha value is -2.13. The normalized spacial score (nSPS) is 17.5. The molecule has 1 aliphatic heterocycles. The van der Waals surface area contributed by atoms with Crippen LogP contribution in [-0.4, -0.2) is 37.6 Å². The van der Waals surface area contributed by atoms with Crippen LogP contribution in [0.5, 0.6) is 0 Å². The molecule has 0 aromatic heterocycles. The van der Waals surface area contributed by atoms with Crippen LogP contribution in [0.25, 0.3) is 0 Å². The summed E-state index contributed by atoms with van der Waals surface area (Å²) in [6.45, 7) is 0.414. The number of benzene rings is 2. The lowest BCUT2D eigenvalue weighted by molar-refractivity contribution is -0.120. The van der Waals surface area contributed by atoms with E-state index in [1.54, 1.807) is 30.3 Å². The smallest absolute Gasteiger partial charge is 0.248 e. The van der Waals surface area contributed by atoms with E-state index in [2.05, 4.69) is 5.32 Å². The number of nitrogens with one attached hydrogen (secondary N) is 1. The molecule has 3 rings (SSSR count). The van der Waals surface area contributed by atoms with E-state index in [1.807, 2.05) is 0 Å². The van der Waals surface area contributed by atoms with Gasteiger partial charge in [0.25, 0.3) is 0 Å². The maximum Gasteiger partial charge on any atom is 0.248 e. The molecule has 2 aromatic carbocycles. The lowest BCUT2D eigenvalue weighted by atomic mass is 9.98. The molecule has 10 heteroatoms. The van der Waals surface area contributed by atoms with Gasteiger partial charge in [-0.3, -0.25) is 9.59 Å². The van der Waals surface area contributed by atoms with Gasteiger partial charge in [0.2, 0.25) is 21.8 Å². The summed E-state index contributed by atoms with van der Waals surface area (Å²) in [5.41, 5.74) is 6.40. The maximum atomic E-state index is 12.9. The number of hydrogen-bond donors (Lipinski definition) is 2. The second kappa shape index (κ2) is 9.34. The lowest BCUT2D eigenvalue weighted by Crippen LogP contribution is -2.44. The number of carbonyl (C=O) groups excluding carboxylic acids is 2. The first-order valence-corrected chi connectivity index (χ1v) is 11.7. The highest BCUT2D eigenvalue weighted by molar-refractivity contribution is 7.88. The topological polar surface area (TPSA) is 110 Å². The fourth-order valence-corrected chi connectivity index (χ4v) is 5.68. The first kappa shape index (κ1) is 22.6. The summed E-state index contributed by atoms with van der Waals surface area (Å²) >= 11 is 12.2. The predicted molar refractivity (Wildman–Crippen MR) is 117 cm³/mol. The van der Waals surface area contributed by atoms with Gasteiger partial charge in [0, 0.05) is 39.9 Å². The summed E-state index contributed by atoms with van der Waals surface area (Å²) in [4.78, 5) is 23.8. The zero-order valence-electron chi connectivity index (χ0n) is 16.0. The third kappa shape index (κ3) is 5.31. The van der Waals surface area contributed by atoms with Gasteiger partial charge in [-0.1, -0.05) is 29.3 Å². The van der Waals surface area contributed by atoms with Gasteiger partial charge < -0.3 is 11.1 Å². The molecular formula is C20H21Cl2N3O4S. The van der Waals surface area contributed by atoms with Gasteiger partial charge in [-0.05, 0) is 49.2 Å². The number of carbonyl (C=O) groups is 2. The molecule has 30 heavy (non-hydrogen) atoms. The number of nitrogens with two attached hydrogens (primary N) is 1. The number of sulfonamides is 1. The van der Waals surface area contributed by atoms with Gasteiger partial charge in [0.1, 0.15) is 0 Å². The summed E-state index contributed by atoms with van der Waals surface area (Å²) < 4.78 is 27.2. The fraction of sp³-hybridized carbons (Fsp3) is 0.300. The molecular weight excluding hydrogens is 449 g/mol. The van der Waals surface area contributed by atoms with Gasteiger partial charge >= 0.3 is 0 Å². The van der Waals surface area contributed by atoms with Crippen molar-refractivity contribution in [1.29, 1.82) is 0 Å². The third-order valence-corrected chi connectivity index (χ3v) is 7.45. The molecule has 2 amide bonds. The highest BCUT2D eigenvalue weighted by Gasteiger charge is 2.33. The molecule has 3 N–H and O–H groups in total. The van der Waals surface area contributed by atoms with E-state index in [1.165, 1.54) is 16.4 Å². The van der Waals surface area contributed by atoms with E-state index in [-0.39, 0.29) is 28.3 Å². The third-order valence-electron chi connectivity index (χ3n) is 4.97. The quantitative estimate of drug-likeness (QED) is 0.675. The Labute approximate surface area is 185 Å². The summed E-state index contributed by atoms with van der Waals surface area (Å²) in [6, 6.07) is 11.0. The van der Waals surface area contributed by atoms with Crippen molar-refractivity contribution in [3.8, 4) is 0 Å². The Kier molecular flexibility index (Phi) is 7.02. The van der Waals surface area contributed by atoms with Crippen molar-refractivity contribution in [3.05, 3.63) is 63.6 Å². The molecule has 2 aromatic rings. The van der Waals surface area contributed by atoms with Crippen molar-refractivity contribution in [2.75, 3.05) is 18.4 Å². The van der Waals surface area contributed by atoms with Gasteiger partial charge in [-0.15, -0.1) is 0 Å². The molecule has 7 nitrogen and oxygen atoms in total. The van der Waals surface area contributed by atoms with Crippen LogP contribution in [-0.2, 0) is 20.6 Å². The number of piperidine rings is 1. The van der Waals surface area contributed by atoms with Gasteiger partial charge in [0.05, 0.1) is 11.7 Å². The van der Waals surface area contributed by atoms with Crippen molar-refractivity contribution < 1.29 is 18.0 Å². The van der Waals surface area contributed by atoms with E-state index in [0.29, 0.717) is 36.2 Å². The van der Waals surface area contributed by atoms with E-state index in [0.717, 1.165) is 0 Å². The maximum absolute atomic E-state index is 12.9. The van der Waals surface area contributed by atoms with Crippen LogP contribution in [0.2, 0.25) is 10.0 Å². The highest BCUT2D eigenvalue weighted by Crippen LogP contribution is 2.29. The zero-order chi connectivity index (χ0) is 21.9. The van der Waals surface area contributed by atoms with Crippen LogP contribution in [0.4, 0.5) is 5.69 Å². The van der Waals surface area contributed by atoms with Gasteiger partial charge in [-0.2, -0.15) is 0 Å². The largest absolute Gasteiger partial charge is 0.366 e. The van der Waals surface area contributed by atoms with Gasteiger partial charge in [-0.25, -0.2) is 12.7 Å². The summed E-state index contributed by atoms with van der Waals surface area (Å²) in [7, 11) is -3.70. The molecule has 0 saturated carbocycles. The van der Waals surface area contributed by atoms with Crippen molar-refractivity contribution in [3.63, 3.8) is 0 Å². The van der Waals surface area contributed by atoms with Crippen LogP contribution in [0.3, 0.4) is 0 Å². The Balaban J connectivity index is 1.68. The predicted octanol–water partition coefficient (Wildman–Crippen LogP) is 3.27. The number of nitrogens with zero attached hydrogens (tertiary/aromatic N) is 1. The molecule has 1 saturated heterocycles. The van der Waals surface area contributed by atoms with Gasteiger partial charge in [0.15, 0.2) is 0 Å². The van der Waals surface area contributed by atoms with E-state index >= 15 is 0 Å². The van der Waals surface area contributed by atoms with E-state index in [9.17, 15) is 18.0 Å². The number of amides is 2. The minimum Gasteiger partial charge on any atom is -0.366 e. The molecule has 0 bridgehead atoms. The van der Waals surface area contributed by atoms with E-state index < -0.39 is 21.8 Å². The average Bonchev–Trinajstić information content (AvgIpc) is 2.71. The molecule has 1 unspecified atom stereocenters. The first-order valence-electron chi connectivity index (χ1n) is 9.29. The first-order chi connectivity index (χ1) is 14.2. The molecule has 1 atom stereocenters. The number of anilines is 1. The van der Waals surface area contributed by atoms with Crippen molar-refractivity contribution >= 4 is 50.7 Å². The Morgan fingerprint density at radius 3 is 2.33 bits per heavy atom. The highest BCUT2D eigenvalue weighted by atomic mass is 35.5. The Morgan fingerprint density at radius 1 is 1.10 bits per heavy atom. The summed E-state index contributed by atoms with van der Waals surface area (Å²) in [6.07, 6.45) is 1.14. The lowest BCUT2D eigenvalue weighted by Gasteiger charge is -2.31. The van der Waals surface area contributed by atoms with Crippen LogP contribution < -0.4 is 11.1 Å². The second-order valence-electron chi connectivity index (χ2n) is 7.08. The van der Waals surface area contributed by atoms with Crippen LogP contribution in [0.15, 0.2) is 42.5 Å². The SMILES string of the molecule is NC(=O)c1ccc(NC(=O)C2CCCN(S(=O)(=O)Cc3c(Cl)cccc3Cl)C2)cc1. The molecule has 1 aliphatic rings. The molecule has 0 aliphatic carbocycles.